The Bertz CT molecular complexity index is 1110. The average Bonchev–Trinajstić information content (AvgIpc) is 3.50. The lowest BCUT2D eigenvalue weighted by Gasteiger charge is -2.17. The molecule has 2 aromatic heterocycles. The van der Waals surface area contributed by atoms with E-state index in [-0.39, 0.29) is 0 Å². The molecule has 0 atom stereocenters. The fourth-order valence-electron chi connectivity index (χ4n) is 3.21. The van der Waals surface area contributed by atoms with Gasteiger partial charge in [0.15, 0.2) is 11.6 Å². The van der Waals surface area contributed by atoms with Crippen molar-refractivity contribution in [2.24, 2.45) is 13.0 Å². The van der Waals surface area contributed by atoms with Crippen molar-refractivity contribution in [2.45, 2.75) is 19.8 Å². The molecule has 1 aliphatic carbocycles. The van der Waals surface area contributed by atoms with E-state index in [1.54, 1.807) is 11.0 Å². The van der Waals surface area contributed by atoms with Gasteiger partial charge in [-0.25, -0.2) is 4.98 Å². The number of hydrogen-bond acceptors (Lipinski definition) is 7. The van der Waals surface area contributed by atoms with Crippen LogP contribution in [-0.4, -0.2) is 32.0 Å². The largest absolute Gasteiger partial charge is 0.387 e. The lowest BCUT2D eigenvalue weighted by Crippen LogP contribution is -2.11. The lowest BCUT2D eigenvalue weighted by atomic mass is 10.1. The van der Waals surface area contributed by atoms with Gasteiger partial charge in [-0.3, -0.25) is 4.68 Å². The van der Waals surface area contributed by atoms with Crippen LogP contribution in [-0.2, 0) is 7.05 Å². The van der Waals surface area contributed by atoms with Crippen molar-refractivity contribution in [2.75, 3.05) is 17.7 Å². The molecule has 0 saturated heterocycles. The third-order valence-corrected chi connectivity index (χ3v) is 5.18. The van der Waals surface area contributed by atoms with E-state index in [4.69, 9.17) is 0 Å². The Morgan fingerprint density at radius 3 is 2.63 bits per heavy atom. The van der Waals surface area contributed by atoms with Gasteiger partial charge < -0.3 is 16.0 Å². The van der Waals surface area contributed by atoms with Gasteiger partial charge in [-0.2, -0.15) is 5.10 Å². The zero-order valence-electron chi connectivity index (χ0n) is 17.5. The molecule has 8 nitrogen and oxygen atoms in total. The van der Waals surface area contributed by atoms with Crippen molar-refractivity contribution in [1.82, 2.24) is 30.3 Å². The van der Waals surface area contributed by atoms with Crippen molar-refractivity contribution in [3.63, 3.8) is 0 Å². The molecule has 8 heteroatoms. The van der Waals surface area contributed by atoms with E-state index in [0.29, 0.717) is 29.0 Å². The molecule has 0 radical (unpaired) electrons. The standard InChI is InChI=1S/C22H26N8/c1-13-17(22-24-12-30(5)29-22)7-6-8-18(13)26-19-11-20(25-14(2)16-9-10-16)27-28-21(19)15(3)23-4/h6-8,11-12,16,23H,2-3,9-10H2,1,4-5H3,(H2,25,26,27). The molecule has 3 aromatic rings. The highest BCUT2D eigenvalue weighted by Gasteiger charge is 2.25. The van der Waals surface area contributed by atoms with E-state index < -0.39 is 0 Å². The maximum atomic E-state index is 4.43. The first-order chi connectivity index (χ1) is 14.5. The Kier molecular flexibility index (Phi) is 5.22. The normalized spacial score (nSPS) is 13.0. The van der Waals surface area contributed by atoms with Crippen molar-refractivity contribution in [1.29, 1.82) is 0 Å². The minimum atomic E-state index is 0.528. The minimum absolute atomic E-state index is 0.528. The Labute approximate surface area is 176 Å². The maximum absolute atomic E-state index is 4.43. The maximum Gasteiger partial charge on any atom is 0.181 e. The number of nitrogens with zero attached hydrogens (tertiary/aromatic N) is 5. The van der Waals surface area contributed by atoms with Crippen LogP contribution in [0.1, 0.15) is 24.1 Å². The predicted molar refractivity (Wildman–Crippen MR) is 120 cm³/mol. The molecule has 2 heterocycles. The number of anilines is 3. The number of aromatic nitrogens is 5. The van der Waals surface area contributed by atoms with Crippen LogP contribution in [0, 0.1) is 12.8 Å². The second-order valence-corrected chi connectivity index (χ2v) is 7.49. The van der Waals surface area contributed by atoms with E-state index in [0.717, 1.165) is 28.2 Å². The highest BCUT2D eigenvalue weighted by Crippen LogP contribution is 2.36. The quantitative estimate of drug-likeness (QED) is 0.527. The highest BCUT2D eigenvalue weighted by molar-refractivity contribution is 5.79. The van der Waals surface area contributed by atoms with Crippen LogP contribution in [0.2, 0.25) is 0 Å². The molecule has 154 valence electrons. The van der Waals surface area contributed by atoms with Gasteiger partial charge in [-0.15, -0.1) is 10.2 Å². The van der Waals surface area contributed by atoms with Crippen LogP contribution < -0.4 is 16.0 Å². The smallest absolute Gasteiger partial charge is 0.181 e. The SMILES string of the molecule is C=C(NC)c1nnc(NC(=C)C2CC2)cc1Nc1cccc(-c2ncn(C)n2)c1C. The fraction of sp³-hybridized carbons (Fsp3) is 0.273. The summed E-state index contributed by atoms with van der Waals surface area (Å²) in [6.07, 6.45) is 4.04. The number of allylic oxidation sites excluding steroid dienone is 1. The third kappa shape index (κ3) is 4.03. The number of benzene rings is 1. The van der Waals surface area contributed by atoms with Crippen LogP contribution in [0.3, 0.4) is 0 Å². The molecule has 1 fully saturated rings. The van der Waals surface area contributed by atoms with Crippen molar-refractivity contribution in [3.8, 4) is 11.4 Å². The van der Waals surface area contributed by atoms with Crippen molar-refractivity contribution >= 4 is 22.9 Å². The van der Waals surface area contributed by atoms with Crippen molar-refractivity contribution in [3.05, 3.63) is 60.7 Å². The first-order valence-corrected chi connectivity index (χ1v) is 9.89. The number of hydrogen-bond donors (Lipinski definition) is 3. The van der Waals surface area contributed by atoms with Gasteiger partial charge in [0.2, 0.25) is 0 Å². The van der Waals surface area contributed by atoms with Crippen LogP contribution in [0.5, 0.6) is 0 Å². The summed E-state index contributed by atoms with van der Waals surface area (Å²) in [6.45, 7) is 10.2. The molecule has 0 spiro atoms. The molecule has 4 rings (SSSR count). The van der Waals surface area contributed by atoms with Crippen LogP contribution in [0.15, 0.2) is 49.4 Å². The Morgan fingerprint density at radius 1 is 1.17 bits per heavy atom. The molecule has 30 heavy (non-hydrogen) atoms. The predicted octanol–water partition coefficient (Wildman–Crippen LogP) is 3.85. The van der Waals surface area contributed by atoms with Crippen LogP contribution >= 0.6 is 0 Å². The van der Waals surface area contributed by atoms with E-state index in [9.17, 15) is 0 Å². The molecule has 0 amide bonds. The highest BCUT2D eigenvalue weighted by atomic mass is 15.3. The molecular weight excluding hydrogens is 376 g/mol. The summed E-state index contributed by atoms with van der Waals surface area (Å²) >= 11 is 0. The Balaban J connectivity index is 1.68. The van der Waals surface area contributed by atoms with Gasteiger partial charge in [0.25, 0.3) is 0 Å². The van der Waals surface area contributed by atoms with Gasteiger partial charge in [-0.05, 0) is 37.3 Å². The molecule has 0 bridgehead atoms. The molecule has 1 aliphatic rings. The topological polar surface area (TPSA) is 92.6 Å². The molecule has 0 aliphatic heterocycles. The third-order valence-electron chi connectivity index (χ3n) is 5.18. The van der Waals surface area contributed by atoms with E-state index in [2.05, 4.69) is 49.4 Å². The number of nitrogens with one attached hydrogen (secondary N) is 3. The summed E-state index contributed by atoms with van der Waals surface area (Å²) in [5, 5.41) is 23.0. The summed E-state index contributed by atoms with van der Waals surface area (Å²) in [4.78, 5) is 4.38. The Hall–Kier alpha value is -3.68. The second-order valence-electron chi connectivity index (χ2n) is 7.49. The number of rotatable bonds is 8. The summed E-state index contributed by atoms with van der Waals surface area (Å²) in [5.41, 5.74) is 6.05. The lowest BCUT2D eigenvalue weighted by molar-refractivity contribution is 0.768. The van der Waals surface area contributed by atoms with Crippen molar-refractivity contribution < 1.29 is 0 Å². The van der Waals surface area contributed by atoms with E-state index in [1.165, 1.54) is 12.8 Å². The Morgan fingerprint density at radius 2 is 1.97 bits per heavy atom. The second kappa shape index (κ2) is 7.98. The first-order valence-electron chi connectivity index (χ1n) is 9.89. The van der Waals surface area contributed by atoms with Gasteiger partial charge in [0.1, 0.15) is 12.0 Å². The monoisotopic (exact) mass is 402 g/mol. The summed E-state index contributed by atoms with van der Waals surface area (Å²) in [5.74, 6) is 1.87. The zero-order chi connectivity index (χ0) is 21.3. The fourth-order valence-corrected chi connectivity index (χ4v) is 3.21. The molecule has 1 aromatic carbocycles. The summed E-state index contributed by atoms with van der Waals surface area (Å²) in [6, 6.07) is 7.95. The minimum Gasteiger partial charge on any atom is -0.387 e. The zero-order valence-corrected chi connectivity index (χ0v) is 17.5. The summed E-state index contributed by atoms with van der Waals surface area (Å²) < 4.78 is 1.70. The molecule has 1 saturated carbocycles. The van der Waals surface area contributed by atoms with Crippen LogP contribution in [0.4, 0.5) is 17.2 Å². The van der Waals surface area contributed by atoms with Gasteiger partial charge in [0.05, 0.1) is 11.4 Å². The first kappa shape index (κ1) is 19.6. The van der Waals surface area contributed by atoms with Gasteiger partial charge in [-0.1, -0.05) is 25.3 Å². The molecular formula is C22H26N8. The molecule has 3 N–H and O–H groups in total. The number of aryl methyl sites for hydroxylation is 1. The molecule has 0 unspecified atom stereocenters. The van der Waals surface area contributed by atoms with Gasteiger partial charge >= 0.3 is 0 Å². The van der Waals surface area contributed by atoms with E-state index in [1.807, 2.05) is 45.3 Å². The average molecular weight is 403 g/mol. The van der Waals surface area contributed by atoms with Crippen LogP contribution in [0.25, 0.3) is 17.1 Å². The van der Waals surface area contributed by atoms with Gasteiger partial charge in [0, 0.05) is 37.1 Å². The van der Waals surface area contributed by atoms with E-state index >= 15 is 0 Å². The summed E-state index contributed by atoms with van der Waals surface area (Å²) in [7, 11) is 3.67.